The van der Waals surface area contributed by atoms with E-state index in [-0.39, 0.29) is 16.1 Å². The highest BCUT2D eigenvalue weighted by Gasteiger charge is 2.32. The Bertz CT molecular complexity index is 895. The lowest BCUT2D eigenvalue weighted by Gasteiger charge is -2.17. The van der Waals surface area contributed by atoms with Gasteiger partial charge in [0, 0.05) is 6.42 Å². The van der Waals surface area contributed by atoms with Crippen LogP contribution in [-0.4, -0.2) is 8.42 Å². The van der Waals surface area contributed by atoms with Gasteiger partial charge in [-0.3, -0.25) is 0 Å². The fraction of sp³-hybridized carbons (Fsp3) is 0.364. The molecule has 27 heavy (non-hydrogen) atoms. The van der Waals surface area contributed by atoms with E-state index >= 15 is 0 Å². The number of nitrogens with two attached hydrogens (primary N) is 1. The quantitative estimate of drug-likeness (QED) is 0.704. The van der Waals surface area contributed by atoms with Crippen LogP contribution in [0.5, 0.6) is 0 Å². The van der Waals surface area contributed by atoms with Crippen LogP contribution in [0.15, 0.2) is 58.8 Å². The minimum atomic E-state index is -3.66. The Morgan fingerprint density at radius 1 is 1.33 bits per heavy atom. The maximum absolute atomic E-state index is 11.4. The highest BCUT2D eigenvalue weighted by molar-refractivity contribution is 7.89. The van der Waals surface area contributed by atoms with Crippen molar-refractivity contribution in [3.63, 3.8) is 0 Å². The van der Waals surface area contributed by atoms with Crippen molar-refractivity contribution >= 4 is 15.6 Å². The van der Waals surface area contributed by atoms with E-state index in [4.69, 9.17) is 11.6 Å². The zero-order valence-electron chi connectivity index (χ0n) is 16.5. The molecule has 1 aliphatic rings. The third-order valence-electron chi connectivity index (χ3n) is 4.35. The lowest BCUT2D eigenvalue weighted by atomic mass is 9.87. The summed E-state index contributed by atoms with van der Waals surface area (Å²) in [6, 6.07) is 6.70. The Labute approximate surface area is 162 Å². The number of sulfonamides is 1. The van der Waals surface area contributed by atoms with E-state index in [1.165, 1.54) is 24.1 Å². The third-order valence-corrected chi connectivity index (χ3v) is 5.28. The smallest absolute Gasteiger partial charge is 0.225 e. The van der Waals surface area contributed by atoms with Crippen molar-refractivity contribution in [2.75, 3.05) is 0 Å². The molecule has 0 radical (unpaired) electrons. The second kappa shape index (κ2) is 9.16. The summed E-state index contributed by atoms with van der Waals surface area (Å²) in [5.74, 6) is 2.52. The summed E-state index contributed by atoms with van der Waals surface area (Å²) in [6.45, 7) is 11.6. The van der Waals surface area contributed by atoms with Crippen LogP contribution < -0.4 is 5.14 Å². The molecule has 2 N–H and O–H groups in total. The van der Waals surface area contributed by atoms with Crippen molar-refractivity contribution in [3.8, 4) is 12.3 Å². The zero-order valence-corrected chi connectivity index (χ0v) is 17.3. The van der Waals surface area contributed by atoms with Crippen LogP contribution in [0.2, 0.25) is 0 Å². The van der Waals surface area contributed by atoms with Gasteiger partial charge in [0.1, 0.15) is 0 Å². The second-order valence-corrected chi connectivity index (χ2v) is 8.97. The summed E-state index contributed by atoms with van der Waals surface area (Å²) < 4.78 is 34.0. The minimum absolute atomic E-state index is 0.120. The van der Waals surface area contributed by atoms with Gasteiger partial charge in [-0.2, -0.15) is 0 Å². The van der Waals surface area contributed by atoms with E-state index in [0.717, 1.165) is 24.0 Å². The molecule has 0 saturated carbocycles. The van der Waals surface area contributed by atoms with Gasteiger partial charge >= 0.3 is 0 Å². The van der Waals surface area contributed by atoms with Crippen LogP contribution in [0.25, 0.3) is 5.57 Å². The average molecular weight is 390 g/mol. The van der Waals surface area contributed by atoms with Gasteiger partial charge in [-0.1, -0.05) is 38.6 Å². The topological polar surface area (TPSA) is 60.2 Å². The standard InChI is InChI=1S/C18H21NO2S.C4H7F/c1-5-6-13(2)16-11-18(3,4)12-17(16)14-7-9-15(10-8-14)22(19,20)21;1-3-4(2)5/h1,7-10H,2,6,11-12H2,3-4H3,(H2,19,20,21);3H,1-2H3/b;4-3+. The molecule has 0 spiro atoms. The summed E-state index contributed by atoms with van der Waals surface area (Å²) in [4.78, 5) is 0.123. The van der Waals surface area contributed by atoms with Crippen LogP contribution in [0.1, 0.15) is 52.5 Å². The van der Waals surface area contributed by atoms with Gasteiger partial charge in [0.05, 0.1) is 10.7 Å². The first-order valence-electron chi connectivity index (χ1n) is 8.66. The van der Waals surface area contributed by atoms with Crippen molar-refractivity contribution in [2.45, 2.75) is 51.9 Å². The maximum atomic E-state index is 11.4. The summed E-state index contributed by atoms with van der Waals surface area (Å²) >= 11 is 0. The van der Waals surface area contributed by atoms with E-state index in [0.29, 0.717) is 6.42 Å². The van der Waals surface area contributed by atoms with Crippen molar-refractivity contribution < 1.29 is 12.8 Å². The molecule has 1 aliphatic carbocycles. The van der Waals surface area contributed by atoms with Crippen LogP contribution >= 0.6 is 0 Å². The summed E-state index contributed by atoms with van der Waals surface area (Å²) in [6.07, 6.45) is 9.20. The molecule has 0 unspecified atom stereocenters. The molecule has 0 bridgehead atoms. The van der Waals surface area contributed by atoms with E-state index in [9.17, 15) is 12.8 Å². The predicted octanol–water partition coefficient (Wildman–Crippen LogP) is 5.37. The molecular formula is C22H28FNO2S. The molecule has 0 saturated heterocycles. The zero-order chi connectivity index (χ0) is 20.8. The Morgan fingerprint density at radius 3 is 2.26 bits per heavy atom. The van der Waals surface area contributed by atoms with Crippen molar-refractivity contribution in [1.82, 2.24) is 0 Å². The number of terminal acetylenes is 1. The van der Waals surface area contributed by atoms with Crippen LogP contribution in [-0.2, 0) is 10.0 Å². The monoisotopic (exact) mass is 389 g/mol. The highest BCUT2D eigenvalue weighted by Crippen LogP contribution is 2.48. The minimum Gasteiger partial charge on any atom is -0.225 e. The molecule has 0 amide bonds. The predicted molar refractivity (Wildman–Crippen MR) is 111 cm³/mol. The molecule has 0 atom stereocenters. The van der Waals surface area contributed by atoms with Gasteiger partial charge in [0.25, 0.3) is 0 Å². The Kier molecular flexibility index (Phi) is 7.77. The summed E-state index contributed by atoms with van der Waals surface area (Å²) in [5.41, 5.74) is 4.53. The van der Waals surface area contributed by atoms with Gasteiger partial charge in [0.2, 0.25) is 10.0 Å². The first-order chi connectivity index (χ1) is 12.4. The van der Waals surface area contributed by atoms with Gasteiger partial charge < -0.3 is 0 Å². The summed E-state index contributed by atoms with van der Waals surface area (Å²) in [7, 11) is -3.66. The van der Waals surface area contributed by atoms with Crippen molar-refractivity contribution in [2.24, 2.45) is 10.6 Å². The Hall–Kier alpha value is -2.16. The largest absolute Gasteiger partial charge is 0.238 e. The Balaban J connectivity index is 0.000000646. The van der Waals surface area contributed by atoms with E-state index in [1.54, 1.807) is 31.2 Å². The molecular weight excluding hydrogens is 361 g/mol. The first-order valence-corrected chi connectivity index (χ1v) is 10.2. The number of primary sulfonamides is 1. The normalized spacial score (nSPS) is 16.4. The van der Waals surface area contributed by atoms with Crippen LogP contribution in [0.4, 0.5) is 4.39 Å². The fourth-order valence-corrected chi connectivity index (χ4v) is 3.44. The number of rotatable bonds is 4. The molecule has 2 rings (SSSR count). The lowest BCUT2D eigenvalue weighted by molar-refractivity contribution is 0.398. The number of halogens is 1. The Morgan fingerprint density at radius 2 is 1.85 bits per heavy atom. The molecule has 0 aromatic heterocycles. The van der Waals surface area contributed by atoms with E-state index in [2.05, 4.69) is 26.3 Å². The SMILES string of the molecule is C#CCC(=C)C1=C(c2ccc(S(N)(=O)=O)cc2)CC(C)(C)C1.C/C=C(\C)F. The summed E-state index contributed by atoms with van der Waals surface area (Å²) in [5, 5.41) is 5.14. The number of hydrogen-bond donors (Lipinski definition) is 1. The molecule has 3 nitrogen and oxygen atoms in total. The van der Waals surface area contributed by atoms with Gasteiger partial charge in [-0.05, 0) is 66.5 Å². The molecule has 0 aliphatic heterocycles. The fourth-order valence-electron chi connectivity index (χ4n) is 2.92. The number of hydrogen-bond acceptors (Lipinski definition) is 2. The molecule has 1 aromatic rings. The van der Waals surface area contributed by atoms with Crippen molar-refractivity contribution in [1.29, 1.82) is 0 Å². The van der Waals surface area contributed by atoms with Gasteiger partial charge in [-0.25, -0.2) is 17.9 Å². The van der Waals surface area contributed by atoms with E-state index in [1.807, 2.05) is 0 Å². The van der Waals surface area contributed by atoms with Crippen molar-refractivity contribution in [3.05, 3.63) is 59.5 Å². The maximum Gasteiger partial charge on any atom is 0.238 e. The van der Waals surface area contributed by atoms with E-state index < -0.39 is 10.0 Å². The molecule has 5 heteroatoms. The number of benzene rings is 1. The molecule has 0 heterocycles. The van der Waals surface area contributed by atoms with Crippen LogP contribution in [0, 0.1) is 17.8 Å². The molecule has 146 valence electrons. The first kappa shape index (κ1) is 22.9. The van der Waals surface area contributed by atoms with Gasteiger partial charge in [0.15, 0.2) is 0 Å². The average Bonchev–Trinajstić information content (AvgIpc) is 2.91. The lowest BCUT2D eigenvalue weighted by Crippen LogP contribution is -2.11. The highest BCUT2D eigenvalue weighted by atomic mass is 32.2. The third kappa shape index (κ3) is 6.82. The number of allylic oxidation sites excluding steroid dienone is 5. The van der Waals surface area contributed by atoms with Gasteiger partial charge in [-0.15, -0.1) is 12.3 Å². The molecule has 1 aromatic carbocycles. The molecule has 0 fully saturated rings. The van der Waals surface area contributed by atoms with Crippen LogP contribution in [0.3, 0.4) is 0 Å². The second-order valence-electron chi connectivity index (χ2n) is 7.40.